The van der Waals surface area contributed by atoms with E-state index in [1.54, 1.807) is 12.1 Å². The Bertz CT molecular complexity index is 1160. The normalized spacial score (nSPS) is 15.9. The molecule has 1 fully saturated rings. The Hall–Kier alpha value is -2.36. The molecule has 5 N–H and O–H groups in total. The third-order valence-electron chi connectivity index (χ3n) is 5.16. The third kappa shape index (κ3) is 5.16. The maximum absolute atomic E-state index is 13.0. The number of thiazole rings is 1. The molecule has 3 rings (SSSR count). The standard InChI is InChI=1S/C21H26N4O5S2/c1-11(2)14-6-12(9-22)7-15(13-4-5-13)16(14)8-18(27)25-32(23,30)19-17(10-26)24-20(31-19)21(3,28)29/h6-7,11,13,26,28-29H,4-5,8,10H2,1-3H3,(H2,23,25,27,30). The van der Waals surface area contributed by atoms with Gasteiger partial charge in [-0.25, -0.2) is 14.0 Å². The van der Waals surface area contributed by atoms with Crippen LogP contribution < -0.4 is 4.72 Å². The van der Waals surface area contributed by atoms with Crippen LogP contribution in [0.4, 0.5) is 0 Å². The van der Waals surface area contributed by atoms with Gasteiger partial charge in [0.25, 0.3) is 0 Å². The van der Waals surface area contributed by atoms with E-state index in [0.29, 0.717) is 16.9 Å². The van der Waals surface area contributed by atoms with Crippen LogP contribution in [-0.4, -0.2) is 30.4 Å². The lowest BCUT2D eigenvalue weighted by Gasteiger charge is -2.18. The number of hydrogen-bond acceptors (Lipinski definition) is 9. The minimum atomic E-state index is -3.90. The topological polar surface area (TPSA) is 167 Å². The van der Waals surface area contributed by atoms with Gasteiger partial charge < -0.3 is 15.3 Å². The number of nitrogens with one attached hydrogen (secondary N) is 2. The summed E-state index contributed by atoms with van der Waals surface area (Å²) in [5.41, 5.74) is 2.96. The number of aliphatic hydroxyl groups is 3. The molecule has 1 aliphatic carbocycles. The Morgan fingerprint density at radius 1 is 1.44 bits per heavy atom. The summed E-state index contributed by atoms with van der Waals surface area (Å²) in [4.78, 5) is 16.7. The van der Waals surface area contributed by atoms with Crippen LogP contribution in [0.3, 0.4) is 0 Å². The molecule has 1 aromatic heterocycles. The fourth-order valence-corrected chi connectivity index (χ4v) is 6.04. The zero-order valence-electron chi connectivity index (χ0n) is 18.0. The highest BCUT2D eigenvalue weighted by atomic mass is 32.2. The van der Waals surface area contributed by atoms with E-state index in [1.165, 1.54) is 0 Å². The SMILES string of the molecule is CC(C)c1cc(C#N)cc(C2CC2)c1CC(=O)NS(=N)(=O)c1sc(C(C)(O)O)nc1CO. The van der Waals surface area contributed by atoms with Gasteiger partial charge >= 0.3 is 0 Å². The fraction of sp³-hybridized carbons (Fsp3) is 0.476. The van der Waals surface area contributed by atoms with E-state index in [9.17, 15) is 29.6 Å². The summed E-state index contributed by atoms with van der Waals surface area (Å²) in [6.07, 6.45) is 1.83. The third-order valence-corrected chi connectivity index (χ3v) is 8.48. The molecule has 1 aliphatic rings. The number of rotatable bonds is 8. The second-order valence-electron chi connectivity index (χ2n) is 8.36. The second-order valence-corrected chi connectivity index (χ2v) is 11.3. The van der Waals surface area contributed by atoms with Gasteiger partial charge in [0.2, 0.25) is 11.7 Å². The van der Waals surface area contributed by atoms with Crippen molar-refractivity contribution in [3.8, 4) is 6.07 Å². The monoisotopic (exact) mass is 478 g/mol. The summed E-state index contributed by atoms with van der Waals surface area (Å²) in [6, 6.07) is 5.73. The first-order valence-electron chi connectivity index (χ1n) is 10.1. The molecule has 11 heteroatoms. The number of nitriles is 1. The fourth-order valence-electron chi connectivity index (χ4n) is 3.53. The maximum Gasteiger partial charge on any atom is 0.236 e. The molecule has 2 aromatic rings. The number of benzene rings is 1. The molecule has 172 valence electrons. The van der Waals surface area contributed by atoms with Gasteiger partial charge in [-0.05, 0) is 60.4 Å². The predicted octanol–water partition coefficient (Wildman–Crippen LogP) is 2.34. The highest BCUT2D eigenvalue weighted by Gasteiger charge is 2.32. The van der Waals surface area contributed by atoms with Crippen molar-refractivity contribution in [2.24, 2.45) is 0 Å². The minimum absolute atomic E-state index is 0.0563. The first-order chi connectivity index (χ1) is 14.9. The molecule has 0 bridgehead atoms. The maximum atomic E-state index is 13.0. The van der Waals surface area contributed by atoms with Crippen LogP contribution >= 0.6 is 11.3 Å². The van der Waals surface area contributed by atoms with Gasteiger partial charge in [-0.15, -0.1) is 11.3 Å². The van der Waals surface area contributed by atoms with Crippen molar-refractivity contribution >= 4 is 27.2 Å². The number of amides is 1. The van der Waals surface area contributed by atoms with Crippen molar-refractivity contribution in [2.75, 3.05) is 0 Å². The summed E-state index contributed by atoms with van der Waals surface area (Å²) < 4.78 is 23.3. The molecule has 1 heterocycles. The average Bonchev–Trinajstić information content (AvgIpc) is 3.42. The van der Waals surface area contributed by atoms with Crippen LogP contribution in [0.5, 0.6) is 0 Å². The van der Waals surface area contributed by atoms with Crippen LogP contribution in [0.15, 0.2) is 16.3 Å². The smallest absolute Gasteiger partial charge is 0.236 e. The molecule has 0 saturated heterocycles. The first kappa shape index (κ1) is 24.3. The Balaban J connectivity index is 1.93. The van der Waals surface area contributed by atoms with Crippen LogP contribution in [-0.2, 0) is 33.5 Å². The Morgan fingerprint density at radius 3 is 2.59 bits per heavy atom. The lowest BCUT2D eigenvalue weighted by molar-refractivity contribution is -0.152. The highest BCUT2D eigenvalue weighted by Crippen LogP contribution is 2.44. The number of carbonyl (C=O) groups excluding carboxylic acids is 1. The molecule has 1 atom stereocenters. The van der Waals surface area contributed by atoms with Gasteiger partial charge in [0.15, 0.2) is 14.9 Å². The summed E-state index contributed by atoms with van der Waals surface area (Å²) in [5.74, 6) is -2.64. The minimum Gasteiger partial charge on any atom is -0.390 e. The number of hydrogen-bond donors (Lipinski definition) is 5. The molecule has 1 unspecified atom stereocenters. The van der Waals surface area contributed by atoms with E-state index in [4.69, 9.17) is 4.78 Å². The van der Waals surface area contributed by atoms with Gasteiger partial charge in [-0.1, -0.05) is 13.8 Å². The van der Waals surface area contributed by atoms with Crippen LogP contribution in [0.2, 0.25) is 0 Å². The van der Waals surface area contributed by atoms with Crippen LogP contribution in [0, 0.1) is 16.1 Å². The van der Waals surface area contributed by atoms with E-state index in [2.05, 4.69) is 15.8 Å². The van der Waals surface area contributed by atoms with E-state index in [-0.39, 0.29) is 33.2 Å². The summed E-state index contributed by atoms with van der Waals surface area (Å²) in [7, 11) is -3.90. The van der Waals surface area contributed by atoms with Crippen molar-refractivity contribution in [1.82, 2.24) is 9.71 Å². The van der Waals surface area contributed by atoms with Crippen LogP contribution in [0.25, 0.3) is 0 Å². The van der Waals surface area contributed by atoms with E-state index >= 15 is 0 Å². The Labute approximate surface area is 190 Å². The molecule has 1 aromatic carbocycles. The van der Waals surface area contributed by atoms with Gasteiger partial charge in [-0.2, -0.15) is 5.26 Å². The molecule has 0 spiro atoms. The number of aliphatic hydroxyl groups excluding tert-OH is 1. The van der Waals surface area contributed by atoms with Crippen molar-refractivity contribution in [3.05, 3.63) is 45.1 Å². The molecule has 0 aliphatic heterocycles. The predicted molar refractivity (Wildman–Crippen MR) is 118 cm³/mol. The summed E-state index contributed by atoms with van der Waals surface area (Å²) in [6.45, 7) is 4.32. The number of aromatic nitrogens is 1. The van der Waals surface area contributed by atoms with Crippen molar-refractivity contribution < 1.29 is 24.3 Å². The molecule has 32 heavy (non-hydrogen) atoms. The first-order valence-corrected chi connectivity index (χ1v) is 12.5. The Morgan fingerprint density at radius 2 is 2.09 bits per heavy atom. The Kier molecular flexibility index (Phi) is 6.74. The quantitative estimate of drug-likeness (QED) is 0.363. The molecular formula is C21H26N4O5S2. The van der Waals surface area contributed by atoms with Gasteiger partial charge in [0, 0.05) is 0 Å². The summed E-state index contributed by atoms with van der Waals surface area (Å²) in [5, 5.41) is 38.1. The van der Waals surface area contributed by atoms with Gasteiger partial charge in [-0.3, -0.25) is 9.52 Å². The largest absolute Gasteiger partial charge is 0.390 e. The van der Waals surface area contributed by atoms with E-state index < -0.39 is 28.2 Å². The summed E-state index contributed by atoms with van der Waals surface area (Å²) >= 11 is 0.592. The molecular weight excluding hydrogens is 452 g/mol. The lowest BCUT2D eigenvalue weighted by atomic mass is 9.87. The van der Waals surface area contributed by atoms with Gasteiger partial charge in [0.05, 0.1) is 30.4 Å². The molecule has 0 radical (unpaired) electrons. The molecule has 1 saturated carbocycles. The van der Waals surface area contributed by atoms with Gasteiger partial charge in [0.1, 0.15) is 4.21 Å². The van der Waals surface area contributed by atoms with Crippen molar-refractivity contribution in [2.45, 2.75) is 68.5 Å². The number of carbonyl (C=O) groups is 1. The molecule has 9 nitrogen and oxygen atoms in total. The van der Waals surface area contributed by atoms with Crippen molar-refractivity contribution in [3.63, 3.8) is 0 Å². The van der Waals surface area contributed by atoms with E-state index in [1.807, 2.05) is 13.8 Å². The zero-order chi connectivity index (χ0) is 23.8. The average molecular weight is 479 g/mol. The highest BCUT2D eigenvalue weighted by molar-refractivity contribution is 7.93. The zero-order valence-corrected chi connectivity index (χ0v) is 19.6. The second kappa shape index (κ2) is 8.88. The van der Waals surface area contributed by atoms with Crippen molar-refractivity contribution in [1.29, 1.82) is 10.0 Å². The lowest BCUT2D eigenvalue weighted by Crippen LogP contribution is -2.31. The molecule has 1 amide bonds. The van der Waals surface area contributed by atoms with E-state index in [0.717, 1.165) is 36.5 Å². The van der Waals surface area contributed by atoms with Crippen LogP contribution in [0.1, 0.15) is 78.4 Å². The number of nitrogens with zero attached hydrogens (tertiary/aromatic N) is 2.